The Morgan fingerprint density at radius 2 is 1.87 bits per heavy atom. The Kier molecular flexibility index (Phi) is 5.84. The number of amides is 2. The summed E-state index contributed by atoms with van der Waals surface area (Å²) in [5, 5.41) is 45.7. The average molecular weight is 533 g/mol. The van der Waals surface area contributed by atoms with Crippen LogP contribution in [0.15, 0.2) is 28.7 Å². The lowest BCUT2D eigenvalue weighted by Gasteiger charge is -2.45. The van der Waals surface area contributed by atoms with Gasteiger partial charge in [0.2, 0.25) is 11.7 Å². The molecule has 0 saturated carbocycles. The number of carbonyl (C=O) groups is 4. The molecule has 1 saturated heterocycles. The van der Waals surface area contributed by atoms with E-state index >= 15 is 4.39 Å². The van der Waals surface area contributed by atoms with Crippen LogP contribution in [0.4, 0.5) is 14.5 Å². The highest BCUT2D eigenvalue weighted by molar-refractivity contribution is 6.24. The van der Waals surface area contributed by atoms with E-state index in [1.807, 2.05) is 0 Å². The molecule has 1 aliphatic heterocycles. The van der Waals surface area contributed by atoms with Crippen LogP contribution in [0.3, 0.4) is 0 Å². The third-order valence-electron chi connectivity index (χ3n) is 8.07. The Bertz CT molecular complexity index is 1390. The topological polar surface area (TPSA) is 190 Å². The summed E-state index contributed by atoms with van der Waals surface area (Å²) < 4.78 is 28.9. The van der Waals surface area contributed by atoms with Crippen molar-refractivity contribution in [1.29, 1.82) is 0 Å². The second-order valence-corrected chi connectivity index (χ2v) is 10.3. The molecule has 2 amide bonds. The van der Waals surface area contributed by atoms with Gasteiger partial charge in [-0.05, 0) is 25.8 Å². The van der Waals surface area contributed by atoms with Gasteiger partial charge in [0.25, 0.3) is 5.91 Å². The predicted molar refractivity (Wildman–Crippen MR) is 125 cm³/mol. The zero-order valence-electron chi connectivity index (χ0n) is 20.1. The number of phenolic OH excluding ortho intramolecular Hbond substituents is 1. The third kappa shape index (κ3) is 3.52. The predicted octanol–water partition coefficient (Wildman–Crippen LogP) is 0.700. The van der Waals surface area contributed by atoms with E-state index < -0.39 is 105 Å². The second-order valence-electron chi connectivity index (χ2n) is 10.3. The number of fused-ring (bicyclic) bond motifs is 3. The summed E-state index contributed by atoms with van der Waals surface area (Å²) in [6, 6.07) is -0.0478. The van der Waals surface area contributed by atoms with Crippen LogP contribution < -0.4 is 11.1 Å². The largest absolute Gasteiger partial charge is 0.511 e. The van der Waals surface area contributed by atoms with E-state index in [-0.39, 0.29) is 31.4 Å². The zero-order chi connectivity index (χ0) is 27.8. The molecule has 1 fully saturated rings. The van der Waals surface area contributed by atoms with Crippen LogP contribution in [-0.2, 0) is 20.8 Å². The summed E-state index contributed by atoms with van der Waals surface area (Å²) in [6.07, 6.45) is -2.10. The van der Waals surface area contributed by atoms with E-state index in [0.29, 0.717) is 0 Å². The molecule has 1 aromatic carbocycles. The number of aromatic hydroxyl groups is 1. The number of carbonyl (C=O) groups excluding carboxylic acids is 4. The number of likely N-dealkylation sites (N-methyl/N-ethyl adjacent to an activating group) is 1. The molecular weight excluding hydrogens is 508 g/mol. The molecule has 3 aliphatic carbocycles. The van der Waals surface area contributed by atoms with Gasteiger partial charge in [-0.15, -0.1) is 0 Å². The molecule has 0 radical (unpaired) electrons. The number of hydrogen-bond donors (Lipinski definition) is 6. The van der Waals surface area contributed by atoms with Gasteiger partial charge in [0.05, 0.1) is 17.3 Å². The van der Waals surface area contributed by atoms with Crippen LogP contribution in [0.5, 0.6) is 5.75 Å². The van der Waals surface area contributed by atoms with Crippen molar-refractivity contribution in [2.45, 2.75) is 43.5 Å². The van der Waals surface area contributed by atoms with Crippen molar-refractivity contribution in [3.8, 4) is 5.75 Å². The van der Waals surface area contributed by atoms with Crippen molar-refractivity contribution in [3.05, 3.63) is 45.7 Å². The zero-order valence-corrected chi connectivity index (χ0v) is 20.1. The van der Waals surface area contributed by atoms with E-state index in [2.05, 4.69) is 5.32 Å². The first kappa shape index (κ1) is 25.8. The van der Waals surface area contributed by atoms with Gasteiger partial charge in [-0.3, -0.25) is 24.1 Å². The number of hydrogen-bond acceptors (Lipinski definition) is 9. The lowest BCUT2D eigenvalue weighted by atomic mass is 9.60. The minimum absolute atomic E-state index is 0.0168. The number of alkyl halides is 1. The Hall–Kier alpha value is -3.84. The number of nitrogens with two attached hydrogens (primary N) is 1. The number of primary amides is 1. The van der Waals surface area contributed by atoms with Gasteiger partial charge >= 0.3 is 0 Å². The highest BCUT2D eigenvalue weighted by atomic mass is 19.1. The van der Waals surface area contributed by atoms with Gasteiger partial charge in [0.15, 0.2) is 17.1 Å². The van der Waals surface area contributed by atoms with Crippen molar-refractivity contribution in [2.24, 2.45) is 17.6 Å². The van der Waals surface area contributed by atoms with Gasteiger partial charge < -0.3 is 31.5 Å². The highest BCUT2D eigenvalue weighted by Crippen LogP contribution is 2.52. The number of rotatable bonds is 3. The fourth-order valence-corrected chi connectivity index (χ4v) is 6.20. The number of allylic oxidation sites excluding steroid dienone is 2. The molecule has 0 bridgehead atoms. The third-order valence-corrected chi connectivity index (χ3v) is 8.07. The fourth-order valence-electron chi connectivity index (χ4n) is 6.20. The normalized spacial score (nSPS) is 31.2. The van der Waals surface area contributed by atoms with Crippen LogP contribution in [-0.4, -0.2) is 80.1 Å². The Labute approximate surface area is 214 Å². The number of nitrogens with one attached hydrogen (secondary N) is 1. The maximum Gasteiger partial charge on any atom is 0.255 e. The van der Waals surface area contributed by atoms with E-state index in [1.165, 1.54) is 11.9 Å². The molecule has 38 heavy (non-hydrogen) atoms. The van der Waals surface area contributed by atoms with Gasteiger partial charge in [-0.25, -0.2) is 8.78 Å². The standard InChI is InChI=1S/C25H25F2N3O8/c1-30-7-10(26)5-14(30)24(37)29-13-6-12(27)11-3-8-2-9-4-15(31)18(23(28)36)22(35)25(9,38)21(34)16(8)20(33)17(11)19(13)32/h6,8-10,14,31-32,34,38H,2-5,7H2,1H3,(H2,28,36)(H,29,37)/t8?,9-,10+,14-,25-/m0/s1. The van der Waals surface area contributed by atoms with Crippen molar-refractivity contribution in [3.63, 3.8) is 0 Å². The average Bonchev–Trinajstić information content (AvgIpc) is 3.17. The number of nitrogens with zero attached hydrogens (tertiary/aromatic N) is 1. The van der Waals surface area contributed by atoms with Gasteiger partial charge in [0.1, 0.15) is 29.1 Å². The summed E-state index contributed by atoms with van der Waals surface area (Å²) >= 11 is 0. The summed E-state index contributed by atoms with van der Waals surface area (Å²) in [5.41, 5.74) is -0.144. The summed E-state index contributed by atoms with van der Waals surface area (Å²) in [4.78, 5) is 52.4. The second kappa shape index (κ2) is 8.60. The molecule has 11 nitrogen and oxygen atoms in total. The number of halogens is 2. The first-order valence-electron chi connectivity index (χ1n) is 11.9. The van der Waals surface area contributed by atoms with Crippen molar-refractivity contribution < 1.29 is 48.4 Å². The number of anilines is 1. The minimum Gasteiger partial charge on any atom is -0.511 e. The maximum atomic E-state index is 15.2. The number of phenols is 1. The Morgan fingerprint density at radius 1 is 1.18 bits per heavy atom. The summed E-state index contributed by atoms with van der Waals surface area (Å²) in [7, 11) is 1.53. The van der Waals surface area contributed by atoms with E-state index in [1.54, 1.807) is 0 Å². The summed E-state index contributed by atoms with van der Waals surface area (Å²) in [6.45, 7) is 0.0168. The molecule has 5 atom stereocenters. The molecule has 1 unspecified atom stereocenters. The smallest absolute Gasteiger partial charge is 0.255 e. The number of aliphatic hydroxyl groups excluding tert-OH is 2. The molecule has 13 heteroatoms. The number of aliphatic hydroxyl groups is 3. The Morgan fingerprint density at radius 3 is 2.47 bits per heavy atom. The molecule has 1 aromatic rings. The SMILES string of the molecule is CN1C[C@H](F)C[C@H]1C(=O)Nc1cc(F)c2c(c1O)C(=O)C1=C(O)[C@]3(O)C(=O)C(C(N)=O)=C(O)C[C@@H]3CC1C2. The lowest BCUT2D eigenvalue weighted by molar-refractivity contribution is -0.144. The quantitative estimate of drug-likeness (QED) is 0.240. The first-order chi connectivity index (χ1) is 17.8. The number of ketones is 2. The molecule has 1 heterocycles. The minimum atomic E-state index is -2.74. The monoisotopic (exact) mass is 533 g/mol. The number of benzene rings is 1. The molecule has 0 spiro atoms. The van der Waals surface area contributed by atoms with Crippen LogP contribution in [0, 0.1) is 17.7 Å². The molecule has 202 valence electrons. The lowest BCUT2D eigenvalue weighted by Crippen LogP contribution is -2.57. The highest BCUT2D eigenvalue weighted by Gasteiger charge is 2.59. The first-order valence-corrected chi connectivity index (χ1v) is 11.9. The molecule has 0 aromatic heterocycles. The fraction of sp³-hybridized carbons (Fsp3) is 0.440. The number of Topliss-reactive ketones (excluding diaryl/α,β-unsaturated/α-hetero) is 2. The van der Waals surface area contributed by atoms with Crippen molar-refractivity contribution in [1.82, 2.24) is 4.90 Å². The van der Waals surface area contributed by atoms with Crippen molar-refractivity contribution >= 4 is 29.1 Å². The van der Waals surface area contributed by atoms with Gasteiger partial charge in [-0.2, -0.15) is 0 Å². The molecule has 7 N–H and O–H groups in total. The molecule has 5 rings (SSSR count). The van der Waals surface area contributed by atoms with E-state index in [0.717, 1.165) is 6.07 Å². The number of likely N-dealkylation sites (tertiary alicyclic amines) is 1. The summed E-state index contributed by atoms with van der Waals surface area (Å²) in [5.74, 6) is -9.99. The van der Waals surface area contributed by atoms with Crippen LogP contribution in [0.1, 0.15) is 35.2 Å². The molecule has 4 aliphatic rings. The molecular formula is C25H25F2N3O8. The van der Waals surface area contributed by atoms with E-state index in [4.69, 9.17) is 5.73 Å². The Balaban J connectivity index is 1.56. The van der Waals surface area contributed by atoms with Gasteiger partial charge in [-0.1, -0.05) is 0 Å². The van der Waals surface area contributed by atoms with Crippen LogP contribution >= 0.6 is 0 Å². The van der Waals surface area contributed by atoms with E-state index in [9.17, 15) is 44.0 Å². The maximum absolute atomic E-state index is 15.2. The van der Waals surface area contributed by atoms with Crippen molar-refractivity contribution in [2.75, 3.05) is 18.9 Å². The van der Waals surface area contributed by atoms with Crippen LogP contribution in [0.2, 0.25) is 0 Å². The van der Waals surface area contributed by atoms with Gasteiger partial charge in [0, 0.05) is 42.5 Å². The van der Waals surface area contributed by atoms with Crippen LogP contribution in [0.25, 0.3) is 0 Å².